The van der Waals surface area contributed by atoms with Crippen LogP contribution < -0.4 is 0 Å². The van der Waals surface area contributed by atoms with E-state index in [0.717, 1.165) is 23.2 Å². The van der Waals surface area contributed by atoms with Gasteiger partial charge in [-0.25, -0.2) is 9.50 Å². The summed E-state index contributed by atoms with van der Waals surface area (Å²) >= 11 is 0. The van der Waals surface area contributed by atoms with Crippen molar-refractivity contribution in [1.29, 1.82) is 0 Å². The van der Waals surface area contributed by atoms with Gasteiger partial charge in [0.25, 0.3) is 5.89 Å². The fourth-order valence-electron chi connectivity index (χ4n) is 4.41. The Morgan fingerprint density at radius 3 is 2.85 bits per heavy atom. The topological polar surface area (TPSA) is 112 Å². The quantitative estimate of drug-likeness (QED) is 0.406. The van der Waals surface area contributed by atoms with E-state index in [4.69, 9.17) is 9.52 Å². The number of pyridine rings is 1. The number of amides is 1. The number of aromatic nitrogens is 8. The minimum Gasteiger partial charge on any atom is -0.412 e. The Morgan fingerprint density at radius 1 is 1.24 bits per heavy atom. The van der Waals surface area contributed by atoms with Crippen LogP contribution >= 0.6 is 0 Å². The first-order valence-corrected chi connectivity index (χ1v) is 10.7. The average molecular weight is 461 g/mol. The number of hydrogen-bond donors (Lipinski definition) is 0. The Morgan fingerprint density at radius 2 is 2.09 bits per heavy atom. The van der Waals surface area contributed by atoms with Crippen LogP contribution in [0.3, 0.4) is 0 Å². The summed E-state index contributed by atoms with van der Waals surface area (Å²) < 4.78 is 23.6. The molecule has 0 bridgehead atoms. The summed E-state index contributed by atoms with van der Waals surface area (Å²) in [6.45, 7) is 4.05. The van der Waals surface area contributed by atoms with Crippen LogP contribution in [0.2, 0.25) is 0 Å². The lowest BCUT2D eigenvalue weighted by molar-refractivity contribution is 0.0643. The highest BCUT2D eigenvalue weighted by Crippen LogP contribution is 2.35. The lowest BCUT2D eigenvalue weighted by Crippen LogP contribution is -2.41. The molecule has 0 saturated carbocycles. The zero-order valence-electron chi connectivity index (χ0n) is 18.7. The van der Waals surface area contributed by atoms with Crippen molar-refractivity contribution in [2.24, 2.45) is 7.05 Å². The maximum absolute atomic E-state index is 14.3. The van der Waals surface area contributed by atoms with Crippen molar-refractivity contribution in [3.05, 3.63) is 71.1 Å². The summed E-state index contributed by atoms with van der Waals surface area (Å²) in [6, 6.07) is 6.97. The summed E-state index contributed by atoms with van der Waals surface area (Å²) in [4.78, 5) is 19.9. The van der Waals surface area contributed by atoms with Crippen LogP contribution in [0.5, 0.6) is 0 Å². The summed E-state index contributed by atoms with van der Waals surface area (Å²) in [7, 11) is 1.80. The Labute approximate surface area is 192 Å². The molecule has 6 heterocycles. The van der Waals surface area contributed by atoms with E-state index in [9.17, 15) is 9.28 Å². The van der Waals surface area contributed by atoms with Gasteiger partial charge in [-0.3, -0.25) is 9.48 Å². The third-order valence-electron chi connectivity index (χ3n) is 6.32. The molecule has 172 valence electrons. The lowest BCUT2D eigenvalue weighted by atomic mass is 9.99. The number of carbonyl (C=O) groups is 1. The van der Waals surface area contributed by atoms with Crippen molar-refractivity contribution in [3.63, 3.8) is 0 Å². The Kier molecular flexibility index (Phi) is 4.37. The number of carbonyl (C=O) groups excluding carboxylic acids is 1. The SMILES string of the molecule is Cc1c(-c2nnc(C(=O)N3CCc4c(ncn4F)[C@H]3c3cc4cccc(C)n4n3)o2)cnn1C. The van der Waals surface area contributed by atoms with E-state index in [1.165, 1.54) is 0 Å². The molecule has 0 radical (unpaired) electrons. The number of fused-ring (bicyclic) bond motifs is 2. The van der Waals surface area contributed by atoms with E-state index < -0.39 is 11.9 Å². The summed E-state index contributed by atoms with van der Waals surface area (Å²) in [5, 5.41) is 16.9. The van der Waals surface area contributed by atoms with Crippen LogP contribution in [0.15, 0.2) is 41.2 Å². The van der Waals surface area contributed by atoms with Crippen molar-refractivity contribution >= 4 is 11.4 Å². The summed E-state index contributed by atoms with van der Waals surface area (Å²) in [6.07, 6.45) is 3.02. The van der Waals surface area contributed by atoms with Crippen LogP contribution in [0, 0.1) is 13.8 Å². The molecule has 5 aromatic heterocycles. The molecule has 0 aromatic carbocycles. The van der Waals surface area contributed by atoms with E-state index in [1.807, 2.05) is 38.1 Å². The van der Waals surface area contributed by atoms with Crippen LogP contribution in [0.4, 0.5) is 4.48 Å². The summed E-state index contributed by atoms with van der Waals surface area (Å²) in [5.74, 6) is -0.427. The fourth-order valence-corrected chi connectivity index (χ4v) is 4.41. The van der Waals surface area contributed by atoms with Gasteiger partial charge < -0.3 is 9.32 Å². The number of nitrogens with zero attached hydrogens (tertiary/aromatic N) is 9. The minimum atomic E-state index is -0.706. The van der Waals surface area contributed by atoms with E-state index in [1.54, 1.807) is 27.3 Å². The molecule has 0 spiro atoms. The number of halogens is 1. The number of imidazole rings is 1. The first kappa shape index (κ1) is 20.3. The van der Waals surface area contributed by atoms with Crippen molar-refractivity contribution < 1.29 is 13.7 Å². The second kappa shape index (κ2) is 7.33. The van der Waals surface area contributed by atoms with Gasteiger partial charge >= 0.3 is 11.8 Å². The van der Waals surface area contributed by atoms with Crippen molar-refractivity contribution in [3.8, 4) is 11.5 Å². The van der Waals surface area contributed by atoms with Crippen LogP contribution in [0.25, 0.3) is 17.0 Å². The van der Waals surface area contributed by atoms with Gasteiger partial charge in [0.15, 0.2) is 0 Å². The number of rotatable bonds is 3. The molecule has 1 atom stereocenters. The molecule has 1 amide bonds. The Bertz CT molecular complexity index is 1560. The minimum absolute atomic E-state index is 0.161. The Balaban J connectivity index is 1.42. The largest absolute Gasteiger partial charge is 0.412 e. The maximum Gasteiger partial charge on any atom is 0.312 e. The molecule has 0 unspecified atom stereocenters. The van der Waals surface area contributed by atoms with Crippen LogP contribution in [-0.4, -0.2) is 56.7 Å². The third-order valence-corrected chi connectivity index (χ3v) is 6.32. The highest BCUT2D eigenvalue weighted by Gasteiger charge is 2.39. The van der Waals surface area contributed by atoms with Gasteiger partial charge in [-0.1, -0.05) is 10.5 Å². The molecule has 0 aliphatic carbocycles. The fraction of sp³-hybridized carbons (Fsp3) is 0.273. The van der Waals surface area contributed by atoms with Gasteiger partial charge in [0, 0.05) is 31.4 Å². The lowest BCUT2D eigenvalue weighted by Gasteiger charge is -2.32. The normalized spacial score (nSPS) is 15.8. The zero-order chi connectivity index (χ0) is 23.6. The molecule has 0 fully saturated rings. The van der Waals surface area contributed by atoms with Crippen LogP contribution in [-0.2, 0) is 13.5 Å². The maximum atomic E-state index is 14.3. The molecular weight excluding hydrogens is 441 g/mol. The van der Waals surface area contributed by atoms with Gasteiger partial charge in [-0.05, 0) is 32.0 Å². The molecule has 34 heavy (non-hydrogen) atoms. The van der Waals surface area contributed by atoms with Gasteiger partial charge in [-0.2, -0.15) is 15.0 Å². The monoisotopic (exact) mass is 461 g/mol. The van der Waals surface area contributed by atoms with Gasteiger partial charge in [0.2, 0.25) is 0 Å². The number of hydrogen-bond acceptors (Lipinski definition) is 7. The molecular formula is C22H20FN9O2. The number of aryl methyl sites for hydroxylation is 2. The molecule has 1 aliphatic rings. The van der Waals surface area contributed by atoms with Crippen molar-refractivity contribution in [1.82, 2.24) is 44.3 Å². The first-order chi connectivity index (χ1) is 16.4. The molecule has 6 rings (SSSR count). The van der Waals surface area contributed by atoms with Gasteiger partial charge in [-0.15, -0.1) is 10.2 Å². The highest BCUT2D eigenvalue weighted by molar-refractivity contribution is 5.90. The second-order valence-corrected chi connectivity index (χ2v) is 8.29. The first-order valence-electron chi connectivity index (χ1n) is 10.7. The van der Waals surface area contributed by atoms with Crippen molar-refractivity contribution in [2.45, 2.75) is 26.3 Å². The third kappa shape index (κ3) is 2.95. The molecule has 0 saturated heterocycles. The molecule has 1 aliphatic heterocycles. The van der Waals surface area contributed by atoms with E-state index in [2.05, 4.69) is 20.3 Å². The molecule has 0 N–H and O–H groups in total. The Hall–Kier alpha value is -4.35. The summed E-state index contributed by atoms with van der Waals surface area (Å²) in [5.41, 5.74) is 4.70. The predicted molar refractivity (Wildman–Crippen MR) is 116 cm³/mol. The van der Waals surface area contributed by atoms with Gasteiger partial charge in [0.05, 0.1) is 34.4 Å². The average Bonchev–Trinajstić information content (AvgIpc) is 3.61. The highest BCUT2D eigenvalue weighted by atomic mass is 19.2. The standard InChI is InChI=1S/C22H20FN9O2/c1-12-5-4-6-14-9-16(28-32(12)14)19-18-17(31(23)11-24-18)7-8-30(19)22(33)21-27-26-20(34-21)15-10-25-29(3)13(15)2/h4-6,9-11,19H,7-8H2,1-3H3/t19-/m1/s1. The van der Waals surface area contributed by atoms with E-state index in [0.29, 0.717) is 33.9 Å². The second-order valence-electron chi connectivity index (χ2n) is 8.29. The molecule has 12 heteroatoms. The molecule has 5 aromatic rings. The van der Waals surface area contributed by atoms with Crippen LogP contribution in [0.1, 0.15) is 45.2 Å². The zero-order valence-corrected chi connectivity index (χ0v) is 18.7. The smallest absolute Gasteiger partial charge is 0.312 e. The van der Waals surface area contributed by atoms with E-state index in [-0.39, 0.29) is 18.3 Å². The van der Waals surface area contributed by atoms with Gasteiger partial charge in [0.1, 0.15) is 12.4 Å². The predicted octanol–water partition coefficient (Wildman–Crippen LogP) is 2.45. The molecule has 11 nitrogen and oxygen atoms in total. The van der Waals surface area contributed by atoms with E-state index >= 15 is 0 Å². The van der Waals surface area contributed by atoms with Crippen molar-refractivity contribution in [2.75, 3.05) is 6.54 Å².